The van der Waals surface area contributed by atoms with Gasteiger partial charge in [0, 0.05) is 0 Å². The predicted molar refractivity (Wildman–Crippen MR) is 107 cm³/mol. The molecule has 2 aromatic rings. The maximum absolute atomic E-state index is 12.8. The topological polar surface area (TPSA) is 91.4 Å². The van der Waals surface area contributed by atoms with E-state index in [-0.39, 0.29) is 12.5 Å². The van der Waals surface area contributed by atoms with Crippen LogP contribution >= 0.6 is 11.3 Å². The Balaban J connectivity index is 1.44. The summed E-state index contributed by atoms with van der Waals surface area (Å²) < 4.78 is 0. The Hall–Kier alpha value is -2.74. The summed E-state index contributed by atoms with van der Waals surface area (Å²) in [5.41, 5.74) is 1.04. The van der Waals surface area contributed by atoms with Crippen molar-refractivity contribution < 1.29 is 14.4 Å². The van der Waals surface area contributed by atoms with Crippen LogP contribution in [0, 0.1) is 6.92 Å². The summed E-state index contributed by atoms with van der Waals surface area (Å²) in [5.74, 6) is -0.711. The molecule has 1 saturated carbocycles. The van der Waals surface area contributed by atoms with Gasteiger partial charge < -0.3 is 10.6 Å². The minimum Gasteiger partial charge on any atom is -0.323 e. The van der Waals surface area contributed by atoms with Crippen LogP contribution in [-0.4, -0.2) is 39.8 Å². The Morgan fingerprint density at radius 1 is 1.21 bits per heavy atom. The van der Waals surface area contributed by atoms with Crippen molar-refractivity contribution in [3.8, 4) is 10.4 Å². The number of benzene rings is 1. The van der Waals surface area contributed by atoms with Crippen LogP contribution in [0.25, 0.3) is 10.4 Å². The van der Waals surface area contributed by atoms with Crippen LogP contribution < -0.4 is 10.6 Å². The number of thiazole rings is 1. The number of nitrogens with zero attached hydrogens (tertiary/aromatic N) is 2. The first-order valence-electron chi connectivity index (χ1n) is 9.45. The molecule has 2 fully saturated rings. The van der Waals surface area contributed by atoms with Crippen molar-refractivity contribution in [2.24, 2.45) is 0 Å². The maximum atomic E-state index is 12.8. The minimum absolute atomic E-state index is 0.285. The number of hydrogen-bond donors (Lipinski definition) is 2. The van der Waals surface area contributed by atoms with Crippen LogP contribution in [0.4, 0.5) is 9.93 Å². The van der Waals surface area contributed by atoms with Crippen LogP contribution in [0.2, 0.25) is 0 Å². The summed E-state index contributed by atoms with van der Waals surface area (Å²) >= 11 is 1.37. The third-order valence-electron chi connectivity index (χ3n) is 5.33. The highest BCUT2D eigenvalue weighted by Crippen LogP contribution is 2.34. The second-order valence-electron chi connectivity index (χ2n) is 7.31. The van der Waals surface area contributed by atoms with Crippen LogP contribution in [0.15, 0.2) is 30.3 Å². The van der Waals surface area contributed by atoms with Crippen molar-refractivity contribution in [2.45, 2.75) is 44.6 Å². The van der Waals surface area contributed by atoms with E-state index in [0.717, 1.165) is 40.3 Å². The molecule has 1 spiro atoms. The van der Waals surface area contributed by atoms with Crippen molar-refractivity contribution in [1.29, 1.82) is 0 Å². The van der Waals surface area contributed by atoms with E-state index in [1.54, 1.807) is 0 Å². The number of nitrogens with one attached hydrogen (secondary N) is 2. The van der Waals surface area contributed by atoms with E-state index in [9.17, 15) is 14.4 Å². The van der Waals surface area contributed by atoms with Gasteiger partial charge in [0.25, 0.3) is 5.91 Å². The van der Waals surface area contributed by atoms with E-state index >= 15 is 0 Å². The molecule has 2 aliphatic rings. The molecule has 0 unspecified atom stereocenters. The molecule has 0 radical (unpaired) electrons. The lowest BCUT2D eigenvalue weighted by molar-refractivity contribution is -0.134. The van der Waals surface area contributed by atoms with Gasteiger partial charge in [-0.15, -0.1) is 0 Å². The van der Waals surface area contributed by atoms with E-state index in [1.807, 2.05) is 37.3 Å². The highest BCUT2D eigenvalue weighted by molar-refractivity contribution is 7.19. The molecule has 2 N–H and O–H groups in total. The predicted octanol–water partition coefficient (Wildman–Crippen LogP) is 3.31. The lowest BCUT2D eigenvalue weighted by Crippen LogP contribution is -2.48. The number of aromatic nitrogens is 1. The van der Waals surface area contributed by atoms with E-state index in [4.69, 9.17) is 0 Å². The first-order valence-corrected chi connectivity index (χ1v) is 10.3. The van der Waals surface area contributed by atoms with Crippen molar-refractivity contribution in [3.05, 3.63) is 36.0 Å². The third-order valence-corrected chi connectivity index (χ3v) is 6.46. The summed E-state index contributed by atoms with van der Waals surface area (Å²) in [6.07, 6.45) is 4.17. The summed E-state index contributed by atoms with van der Waals surface area (Å²) in [4.78, 5) is 43.9. The number of urea groups is 1. The van der Waals surface area contributed by atoms with Gasteiger partial charge in [-0.05, 0) is 25.3 Å². The van der Waals surface area contributed by atoms with Gasteiger partial charge in [0.2, 0.25) is 5.91 Å². The SMILES string of the molecule is Cc1nc(NC(=O)CN2C(=O)NC3(CCCCC3)C2=O)sc1-c1ccccc1. The van der Waals surface area contributed by atoms with Crippen LogP contribution in [0.5, 0.6) is 0 Å². The zero-order chi connectivity index (χ0) is 19.7. The molecule has 4 amide bonds. The van der Waals surface area contributed by atoms with E-state index in [2.05, 4.69) is 15.6 Å². The number of rotatable bonds is 4. The molecule has 1 aliphatic heterocycles. The number of imide groups is 1. The van der Waals surface area contributed by atoms with E-state index in [0.29, 0.717) is 18.0 Å². The largest absolute Gasteiger partial charge is 0.325 e. The lowest BCUT2D eigenvalue weighted by Gasteiger charge is -2.30. The Morgan fingerprint density at radius 3 is 2.64 bits per heavy atom. The smallest absolute Gasteiger partial charge is 0.323 e. The second-order valence-corrected chi connectivity index (χ2v) is 8.31. The molecule has 1 saturated heterocycles. The van der Waals surface area contributed by atoms with E-state index < -0.39 is 17.5 Å². The van der Waals surface area contributed by atoms with Gasteiger partial charge in [0.05, 0.1) is 10.6 Å². The maximum Gasteiger partial charge on any atom is 0.325 e. The molecule has 1 aromatic carbocycles. The van der Waals surface area contributed by atoms with Crippen molar-refractivity contribution in [2.75, 3.05) is 11.9 Å². The molecule has 4 rings (SSSR count). The van der Waals surface area contributed by atoms with Crippen molar-refractivity contribution in [3.63, 3.8) is 0 Å². The van der Waals surface area contributed by atoms with Crippen molar-refractivity contribution >= 4 is 34.3 Å². The van der Waals surface area contributed by atoms with Gasteiger partial charge in [-0.1, -0.05) is 60.9 Å². The first-order chi connectivity index (χ1) is 13.5. The van der Waals surface area contributed by atoms with Crippen molar-refractivity contribution in [1.82, 2.24) is 15.2 Å². The van der Waals surface area contributed by atoms with Gasteiger partial charge in [-0.2, -0.15) is 0 Å². The molecule has 2 heterocycles. The standard InChI is InChI=1S/C20H22N4O3S/c1-13-16(14-8-4-2-5-9-14)28-18(21-13)22-15(25)12-24-17(26)20(23-19(24)27)10-6-3-7-11-20/h2,4-5,8-9H,3,6-7,10-12H2,1H3,(H,23,27)(H,21,22,25). The van der Waals surface area contributed by atoms with E-state index in [1.165, 1.54) is 11.3 Å². The van der Waals surface area contributed by atoms with Gasteiger partial charge in [0.1, 0.15) is 12.1 Å². The average Bonchev–Trinajstić information content (AvgIpc) is 3.15. The summed E-state index contributed by atoms with van der Waals surface area (Å²) in [6.45, 7) is 1.59. The molecule has 8 heteroatoms. The number of anilines is 1. The molecule has 1 aliphatic carbocycles. The summed E-state index contributed by atoms with van der Waals surface area (Å²) in [5, 5.41) is 6.00. The third kappa shape index (κ3) is 3.40. The van der Waals surface area contributed by atoms with Gasteiger partial charge >= 0.3 is 6.03 Å². The van der Waals surface area contributed by atoms with Gasteiger partial charge in [0.15, 0.2) is 5.13 Å². The molecular weight excluding hydrogens is 376 g/mol. The minimum atomic E-state index is -0.812. The van der Waals surface area contributed by atoms with Crippen LogP contribution in [0.1, 0.15) is 37.8 Å². The second kappa shape index (κ2) is 7.35. The zero-order valence-electron chi connectivity index (χ0n) is 15.7. The Labute approximate surface area is 167 Å². The van der Waals surface area contributed by atoms with Gasteiger partial charge in [-0.25, -0.2) is 9.78 Å². The highest BCUT2D eigenvalue weighted by atomic mass is 32.1. The molecule has 28 heavy (non-hydrogen) atoms. The fourth-order valence-electron chi connectivity index (χ4n) is 3.92. The number of hydrogen-bond acceptors (Lipinski definition) is 5. The molecule has 1 aromatic heterocycles. The highest BCUT2D eigenvalue weighted by Gasteiger charge is 2.51. The van der Waals surface area contributed by atoms with Gasteiger partial charge in [-0.3, -0.25) is 14.5 Å². The fourth-order valence-corrected chi connectivity index (χ4v) is 4.91. The monoisotopic (exact) mass is 398 g/mol. The normalized spacial score (nSPS) is 18.4. The Morgan fingerprint density at radius 2 is 1.93 bits per heavy atom. The molecule has 0 bridgehead atoms. The van der Waals surface area contributed by atoms with Crippen LogP contribution in [0.3, 0.4) is 0 Å². The zero-order valence-corrected chi connectivity index (χ0v) is 16.5. The fraction of sp³-hybridized carbons (Fsp3) is 0.400. The lowest BCUT2D eigenvalue weighted by atomic mass is 9.82. The molecule has 7 nitrogen and oxygen atoms in total. The molecule has 146 valence electrons. The summed E-state index contributed by atoms with van der Waals surface area (Å²) in [7, 11) is 0. The summed E-state index contributed by atoms with van der Waals surface area (Å²) in [6, 6.07) is 9.34. The average molecular weight is 398 g/mol. The number of aryl methyl sites for hydroxylation is 1. The Kier molecular flexibility index (Phi) is 4.89. The molecular formula is C20H22N4O3S. The number of carbonyl (C=O) groups is 3. The first kappa shape index (κ1) is 18.6. The van der Waals surface area contributed by atoms with Crippen LogP contribution in [-0.2, 0) is 9.59 Å². The Bertz CT molecular complexity index is 919. The molecule has 0 atom stereocenters. The number of amides is 4. The number of carbonyl (C=O) groups excluding carboxylic acids is 3. The quantitative estimate of drug-likeness (QED) is 0.773.